The standard InChI is InChI=1S/C11H24N2O4S/c1-10(2)5-8-18(16,17)13(9-11(14)15)7-6-12(3)4/h10H,5-9H2,1-4H3,(H,14,15). The molecule has 0 aromatic rings. The third kappa shape index (κ3) is 7.62. The third-order valence-electron chi connectivity index (χ3n) is 2.45. The number of aliphatic carboxylic acids is 1. The molecule has 0 atom stereocenters. The summed E-state index contributed by atoms with van der Waals surface area (Å²) < 4.78 is 25.1. The summed E-state index contributed by atoms with van der Waals surface area (Å²) in [6, 6.07) is 0. The Morgan fingerprint density at radius 3 is 2.17 bits per heavy atom. The fourth-order valence-electron chi connectivity index (χ4n) is 1.29. The molecule has 0 amide bonds. The van der Waals surface area contributed by atoms with Crippen LogP contribution in [-0.2, 0) is 14.8 Å². The molecule has 1 N–H and O–H groups in total. The van der Waals surface area contributed by atoms with Crippen molar-refractivity contribution in [2.24, 2.45) is 5.92 Å². The first-order valence-electron chi connectivity index (χ1n) is 5.99. The molecule has 0 aliphatic heterocycles. The predicted octanol–water partition coefficient (Wildman–Crippen LogP) is 0.311. The van der Waals surface area contributed by atoms with Crippen molar-refractivity contribution in [3.8, 4) is 0 Å². The van der Waals surface area contributed by atoms with Crippen LogP contribution in [0.25, 0.3) is 0 Å². The fourth-order valence-corrected chi connectivity index (χ4v) is 2.99. The number of likely N-dealkylation sites (N-methyl/N-ethyl adjacent to an activating group) is 1. The van der Waals surface area contributed by atoms with Gasteiger partial charge >= 0.3 is 5.97 Å². The second-order valence-corrected chi connectivity index (χ2v) is 7.12. The van der Waals surface area contributed by atoms with Gasteiger partial charge < -0.3 is 10.0 Å². The molecule has 0 heterocycles. The highest BCUT2D eigenvalue weighted by molar-refractivity contribution is 7.89. The van der Waals surface area contributed by atoms with Crippen LogP contribution in [0.3, 0.4) is 0 Å². The predicted molar refractivity (Wildman–Crippen MR) is 71.0 cm³/mol. The zero-order chi connectivity index (χ0) is 14.3. The van der Waals surface area contributed by atoms with E-state index in [-0.39, 0.29) is 18.2 Å². The SMILES string of the molecule is CC(C)CCS(=O)(=O)N(CCN(C)C)CC(=O)O. The zero-order valence-corrected chi connectivity index (χ0v) is 12.4. The fraction of sp³-hybridized carbons (Fsp3) is 0.909. The van der Waals surface area contributed by atoms with Gasteiger partial charge in [-0.05, 0) is 26.4 Å². The lowest BCUT2D eigenvalue weighted by atomic mass is 10.2. The summed E-state index contributed by atoms with van der Waals surface area (Å²) in [4.78, 5) is 12.5. The lowest BCUT2D eigenvalue weighted by Gasteiger charge is -2.22. The summed E-state index contributed by atoms with van der Waals surface area (Å²) in [6.07, 6.45) is 0.542. The molecule has 0 bridgehead atoms. The van der Waals surface area contributed by atoms with Crippen molar-refractivity contribution < 1.29 is 18.3 Å². The molecule has 0 radical (unpaired) electrons. The highest BCUT2D eigenvalue weighted by Crippen LogP contribution is 2.08. The first-order valence-corrected chi connectivity index (χ1v) is 7.60. The van der Waals surface area contributed by atoms with E-state index < -0.39 is 22.5 Å². The molecule has 0 fully saturated rings. The van der Waals surface area contributed by atoms with Crippen molar-refractivity contribution >= 4 is 16.0 Å². The highest BCUT2D eigenvalue weighted by Gasteiger charge is 2.24. The van der Waals surface area contributed by atoms with E-state index in [0.717, 1.165) is 4.31 Å². The molecule has 0 aromatic heterocycles. The Morgan fingerprint density at radius 1 is 1.22 bits per heavy atom. The van der Waals surface area contributed by atoms with Crippen LogP contribution in [0, 0.1) is 5.92 Å². The van der Waals surface area contributed by atoms with Gasteiger partial charge in [0.2, 0.25) is 10.0 Å². The minimum atomic E-state index is -3.48. The molecule has 108 valence electrons. The molecule has 18 heavy (non-hydrogen) atoms. The van der Waals surface area contributed by atoms with Crippen molar-refractivity contribution in [1.82, 2.24) is 9.21 Å². The largest absolute Gasteiger partial charge is 0.480 e. The van der Waals surface area contributed by atoms with E-state index in [2.05, 4.69) is 0 Å². The molecule has 0 saturated carbocycles. The van der Waals surface area contributed by atoms with Gasteiger partial charge in [-0.2, -0.15) is 4.31 Å². The van der Waals surface area contributed by atoms with Gasteiger partial charge in [-0.1, -0.05) is 13.8 Å². The van der Waals surface area contributed by atoms with Gasteiger partial charge in [-0.3, -0.25) is 4.79 Å². The first kappa shape index (κ1) is 17.3. The highest BCUT2D eigenvalue weighted by atomic mass is 32.2. The van der Waals surface area contributed by atoms with Crippen molar-refractivity contribution in [1.29, 1.82) is 0 Å². The van der Waals surface area contributed by atoms with E-state index in [0.29, 0.717) is 13.0 Å². The minimum absolute atomic E-state index is 0.00533. The van der Waals surface area contributed by atoms with Crippen LogP contribution in [0.1, 0.15) is 20.3 Å². The topological polar surface area (TPSA) is 77.9 Å². The average Bonchev–Trinajstić information content (AvgIpc) is 2.20. The van der Waals surface area contributed by atoms with Crippen molar-refractivity contribution in [2.45, 2.75) is 20.3 Å². The van der Waals surface area contributed by atoms with Gasteiger partial charge in [0, 0.05) is 13.1 Å². The third-order valence-corrected chi connectivity index (χ3v) is 4.30. The summed E-state index contributed by atoms with van der Waals surface area (Å²) in [5.41, 5.74) is 0. The molecule has 0 aliphatic carbocycles. The molecular weight excluding hydrogens is 256 g/mol. The van der Waals surface area contributed by atoms with Crippen LogP contribution in [-0.4, -0.2) is 68.2 Å². The molecule has 0 saturated heterocycles. The number of carboxylic acids is 1. The Kier molecular flexibility index (Phi) is 7.42. The number of hydrogen-bond acceptors (Lipinski definition) is 4. The number of rotatable bonds is 9. The smallest absolute Gasteiger partial charge is 0.318 e. The van der Waals surface area contributed by atoms with Crippen molar-refractivity contribution in [3.63, 3.8) is 0 Å². The second kappa shape index (κ2) is 7.70. The normalized spacial score (nSPS) is 12.6. The Morgan fingerprint density at radius 2 is 1.78 bits per heavy atom. The van der Waals surface area contributed by atoms with Crippen LogP contribution in [0.4, 0.5) is 0 Å². The average molecular weight is 280 g/mol. The van der Waals surface area contributed by atoms with E-state index in [1.54, 1.807) is 0 Å². The second-order valence-electron chi connectivity index (χ2n) is 5.03. The Hall–Kier alpha value is -0.660. The molecule has 0 aliphatic rings. The van der Waals surface area contributed by atoms with Gasteiger partial charge in [-0.25, -0.2) is 8.42 Å². The molecule has 0 aromatic carbocycles. The Labute approximate surface area is 110 Å². The van der Waals surface area contributed by atoms with E-state index >= 15 is 0 Å². The van der Waals surface area contributed by atoms with Crippen LogP contribution in [0.5, 0.6) is 0 Å². The molecule has 6 nitrogen and oxygen atoms in total. The zero-order valence-electron chi connectivity index (χ0n) is 11.6. The van der Waals surface area contributed by atoms with Crippen LogP contribution >= 0.6 is 0 Å². The maximum absolute atomic E-state index is 12.0. The summed E-state index contributed by atoms with van der Waals surface area (Å²) in [6.45, 7) is 4.13. The monoisotopic (exact) mass is 280 g/mol. The van der Waals surface area contributed by atoms with Crippen LogP contribution in [0.15, 0.2) is 0 Å². The van der Waals surface area contributed by atoms with Gasteiger partial charge in [-0.15, -0.1) is 0 Å². The summed E-state index contributed by atoms with van der Waals surface area (Å²) in [7, 11) is 0.156. The number of nitrogens with zero attached hydrogens (tertiary/aromatic N) is 2. The minimum Gasteiger partial charge on any atom is -0.480 e. The molecule has 0 unspecified atom stereocenters. The van der Waals surface area contributed by atoms with E-state index in [4.69, 9.17) is 5.11 Å². The van der Waals surface area contributed by atoms with Crippen LogP contribution < -0.4 is 0 Å². The molecule has 0 rings (SSSR count). The number of carbonyl (C=O) groups is 1. The molecular formula is C11H24N2O4S. The number of hydrogen-bond donors (Lipinski definition) is 1. The summed E-state index contributed by atoms with van der Waals surface area (Å²) in [5.74, 6) is -0.840. The number of carboxylic acid groups (broad SMARTS) is 1. The van der Waals surface area contributed by atoms with Gasteiger partial charge in [0.25, 0.3) is 0 Å². The summed E-state index contributed by atoms with van der Waals surface area (Å²) in [5, 5.41) is 8.77. The maximum atomic E-state index is 12.0. The van der Waals surface area contributed by atoms with Crippen molar-refractivity contribution in [3.05, 3.63) is 0 Å². The van der Waals surface area contributed by atoms with E-state index in [1.165, 1.54) is 0 Å². The van der Waals surface area contributed by atoms with Crippen molar-refractivity contribution in [2.75, 3.05) is 39.5 Å². The van der Waals surface area contributed by atoms with Gasteiger partial charge in [0.1, 0.15) is 6.54 Å². The first-order chi connectivity index (χ1) is 8.15. The lowest BCUT2D eigenvalue weighted by Crippen LogP contribution is -2.41. The van der Waals surface area contributed by atoms with Gasteiger partial charge in [0.05, 0.1) is 5.75 Å². The quantitative estimate of drug-likeness (QED) is 0.657. The Balaban J connectivity index is 4.65. The molecule has 7 heteroatoms. The maximum Gasteiger partial charge on any atom is 0.318 e. The molecule has 0 spiro atoms. The van der Waals surface area contributed by atoms with E-state index in [1.807, 2.05) is 32.8 Å². The van der Waals surface area contributed by atoms with E-state index in [9.17, 15) is 13.2 Å². The van der Waals surface area contributed by atoms with Gasteiger partial charge in [0.15, 0.2) is 0 Å². The number of sulfonamides is 1. The Bertz CT molecular complexity index is 352. The lowest BCUT2D eigenvalue weighted by molar-refractivity contribution is -0.137. The summed E-state index contributed by atoms with van der Waals surface area (Å²) >= 11 is 0. The van der Waals surface area contributed by atoms with Crippen LogP contribution in [0.2, 0.25) is 0 Å².